The summed E-state index contributed by atoms with van der Waals surface area (Å²) in [4.78, 5) is 9.96. The molecule has 0 aliphatic rings. The zero-order chi connectivity index (χ0) is 10.7. The molecule has 0 aromatic heterocycles. The summed E-state index contributed by atoms with van der Waals surface area (Å²) in [6, 6.07) is 4.85. The first-order chi connectivity index (χ1) is 6.57. The summed E-state index contributed by atoms with van der Waals surface area (Å²) in [7, 11) is 0. The number of nitro groups is 1. The van der Waals surface area contributed by atoms with Crippen LogP contribution in [0.5, 0.6) is 0 Å². The molecule has 0 amide bonds. The van der Waals surface area contributed by atoms with Crippen molar-refractivity contribution < 1.29 is 4.92 Å². The van der Waals surface area contributed by atoms with Crippen LogP contribution >= 0.6 is 11.6 Å². The van der Waals surface area contributed by atoms with E-state index >= 15 is 0 Å². The Morgan fingerprint density at radius 1 is 1.64 bits per heavy atom. The van der Waals surface area contributed by atoms with E-state index < -0.39 is 4.92 Å². The first-order valence-corrected chi connectivity index (χ1v) is 4.25. The Kier molecular flexibility index (Phi) is 3.05. The Balaban J connectivity index is 3.27. The molecule has 0 saturated carbocycles. The molecule has 1 aromatic carbocycles. The molecule has 1 aromatic rings. The molecule has 0 N–H and O–H groups in total. The van der Waals surface area contributed by atoms with Gasteiger partial charge in [-0.15, -0.1) is 0 Å². The van der Waals surface area contributed by atoms with Gasteiger partial charge in [0.25, 0.3) is 5.69 Å². The molecule has 14 heavy (non-hydrogen) atoms. The molecule has 4 nitrogen and oxygen atoms in total. The van der Waals surface area contributed by atoms with Gasteiger partial charge in [-0.3, -0.25) is 10.1 Å². The first kappa shape index (κ1) is 10.5. The van der Waals surface area contributed by atoms with Crippen LogP contribution in [-0.4, -0.2) is 4.92 Å². The van der Waals surface area contributed by atoms with Crippen molar-refractivity contribution in [1.82, 2.24) is 0 Å². The third-order valence-electron chi connectivity index (χ3n) is 1.94. The van der Waals surface area contributed by atoms with Gasteiger partial charge in [-0.25, -0.2) is 0 Å². The average Bonchev–Trinajstić information content (AvgIpc) is 2.13. The fourth-order valence-electron chi connectivity index (χ4n) is 1.13. The van der Waals surface area contributed by atoms with Crippen LogP contribution in [0.3, 0.4) is 0 Å². The van der Waals surface area contributed by atoms with Crippen LogP contribution < -0.4 is 0 Å². The van der Waals surface area contributed by atoms with E-state index in [-0.39, 0.29) is 17.1 Å². The highest BCUT2D eigenvalue weighted by Gasteiger charge is 2.15. The van der Waals surface area contributed by atoms with Crippen molar-refractivity contribution in [3.8, 4) is 6.07 Å². The normalized spacial score (nSPS) is 9.50. The van der Waals surface area contributed by atoms with E-state index in [2.05, 4.69) is 0 Å². The van der Waals surface area contributed by atoms with Crippen LogP contribution in [0, 0.1) is 28.4 Å². The van der Waals surface area contributed by atoms with Gasteiger partial charge in [0.1, 0.15) is 5.02 Å². The van der Waals surface area contributed by atoms with Crippen LogP contribution in [0.4, 0.5) is 5.69 Å². The van der Waals surface area contributed by atoms with Crippen molar-refractivity contribution in [2.45, 2.75) is 13.3 Å². The average molecular weight is 211 g/mol. The molecular formula is C9H7ClN2O2. The second-order valence-electron chi connectivity index (χ2n) is 2.77. The van der Waals surface area contributed by atoms with Crippen molar-refractivity contribution in [3.05, 3.63) is 38.4 Å². The van der Waals surface area contributed by atoms with E-state index in [1.807, 2.05) is 6.07 Å². The second-order valence-corrected chi connectivity index (χ2v) is 3.15. The lowest BCUT2D eigenvalue weighted by molar-refractivity contribution is -0.384. The van der Waals surface area contributed by atoms with Gasteiger partial charge in [0, 0.05) is 6.07 Å². The maximum atomic E-state index is 10.5. The van der Waals surface area contributed by atoms with Crippen molar-refractivity contribution in [3.63, 3.8) is 0 Å². The molecule has 0 bridgehead atoms. The fraction of sp³-hybridized carbons (Fsp3) is 0.222. The van der Waals surface area contributed by atoms with Gasteiger partial charge in [0.15, 0.2) is 0 Å². The minimum Gasteiger partial charge on any atom is -0.258 e. The van der Waals surface area contributed by atoms with Crippen molar-refractivity contribution in [1.29, 1.82) is 5.26 Å². The smallest absolute Gasteiger partial charge is 0.258 e. The van der Waals surface area contributed by atoms with Gasteiger partial charge in [0.2, 0.25) is 0 Å². The number of hydrogen-bond acceptors (Lipinski definition) is 3. The van der Waals surface area contributed by atoms with E-state index in [0.29, 0.717) is 5.56 Å². The van der Waals surface area contributed by atoms with Gasteiger partial charge in [-0.05, 0) is 18.1 Å². The Morgan fingerprint density at radius 2 is 2.29 bits per heavy atom. The van der Waals surface area contributed by atoms with Crippen LogP contribution in [0.15, 0.2) is 12.1 Å². The summed E-state index contributed by atoms with van der Waals surface area (Å²) in [5, 5.41) is 19.1. The third kappa shape index (κ3) is 1.83. The molecule has 0 unspecified atom stereocenters. The Labute approximate surface area is 85.9 Å². The number of nitrogens with zero attached hydrogens (tertiary/aromatic N) is 2. The zero-order valence-electron chi connectivity index (χ0n) is 7.45. The quantitative estimate of drug-likeness (QED) is 0.557. The zero-order valence-corrected chi connectivity index (χ0v) is 8.21. The second kappa shape index (κ2) is 4.07. The lowest BCUT2D eigenvalue weighted by Crippen LogP contribution is -1.94. The number of halogens is 1. The Bertz CT molecular complexity index is 424. The molecule has 0 radical (unpaired) electrons. The molecule has 0 heterocycles. The molecule has 0 spiro atoms. The lowest BCUT2D eigenvalue weighted by Gasteiger charge is -2.03. The molecule has 0 saturated heterocycles. The van der Waals surface area contributed by atoms with Crippen molar-refractivity contribution in [2.24, 2.45) is 0 Å². The van der Waals surface area contributed by atoms with E-state index in [4.69, 9.17) is 16.9 Å². The predicted molar refractivity (Wildman–Crippen MR) is 52.2 cm³/mol. The molecule has 0 aliphatic carbocycles. The maximum absolute atomic E-state index is 10.5. The van der Waals surface area contributed by atoms with E-state index in [1.165, 1.54) is 6.07 Å². The van der Waals surface area contributed by atoms with Gasteiger partial charge in [-0.1, -0.05) is 17.7 Å². The molecular weight excluding hydrogens is 204 g/mol. The van der Waals surface area contributed by atoms with Gasteiger partial charge < -0.3 is 0 Å². The summed E-state index contributed by atoms with van der Waals surface area (Å²) >= 11 is 5.78. The van der Waals surface area contributed by atoms with Gasteiger partial charge in [0.05, 0.1) is 17.4 Å². The van der Waals surface area contributed by atoms with Gasteiger partial charge in [-0.2, -0.15) is 5.26 Å². The largest absolute Gasteiger partial charge is 0.288 e. The minimum atomic E-state index is -0.536. The topological polar surface area (TPSA) is 66.9 Å². The molecule has 5 heteroatoms. The number of nitriles is 1. The summed E-state index contributed by atoms with van der Waals surface area (Å²) in [5.74, 6) is 0. The highest BCUT2D eigenvalue weighted by atomic mass is 35.5. The molecule has 0 fully saturated rings. The van der Waals surface area contributed by atoms with Crippen LogP contribution in [0.25, 0.3) is 0 Å². The van der Waals surface area contributed by atoms with Crippen LogP contribution in [0.2, 0.25) is 5.02 Å². The highest BCUT2D eigenvalue weighted by Crippen LogP contribution is 2.29. The van der Waals surface area contributed by atoms with Crippen molar-refractivity contribution in [2.75, 3.05) is 0 Å². The summed E-state index contributed by atoms with van der Waals surface area (Å²) in [6.07, 6.45) is 0.212. The minimum absolute atomic E-state index is 0.114. The molecule has 1 rings (SSSR count). The molecule has 72 valence electrons. The highest BCUT2D eigenvalue weighted by molar-refractivity contribution is 6.33. The third-order valence-corrected chi connectivity index (χ3v) is 2.42. The summed E-state index contributed by atoms with van der Waals surface area (Å²) < 4.78 is 0. The summed E-state index contributed by atoms with van der Waals surface area (Å²) in [5.41, 5.74) is 1.20. The Hall–Kier alpha value is -1.60. The first-order valence-electron chi connectivity index (χ1n) is 3.87. The van der Waals surface area contributed by atoms with E-state index in [9.17, 15) is 10.1 Å². The molecule has 0 aliphatic heterocycles. The van der Waals surface area contributed by atoms with Gasteiger partial charge >= 0.3 is 0 Å². The molecule has 0 atom stereocenters. The van der Waals surface area contributed by atoms with E-state index in [0.717, 1.165) is 5.56 Å². The van der Waals surface area contributed by atoms with Crippen LogP contribution in [-0.2, 0) is 6.42 Å². The number of rotatable bonds is 2. The Morgan fingerprint density at radius 3 is 2.79 bits per heavy atom. The maximum Gasteiger partial charge on any atom is 0.288 e. The lowest BCUT2D eigenvalue weighted by atomic mass is 10.1. The standard InChI is InChI=1S/C9H7ClN2O2/c1-6-7(4-5-11)2-3-8(9(6)10)12(13)14/h2-3H,4H2,1H3. The number of nitro benzene ring substituents is 1. The van der Waals surface area contributed by atoms with Crippen molar-refractivity contribution >= 4 is 17.3 Å². The SMILES string of the molecule is Cc1c(CC#N)ccc([N+](=O)[O-])c1Cl. The predicted octanol–water partition coefficient (Wildman–Crippen LogP) is 2.62. The number of benzene rings is 1. The summed E-state index contributed by atoms with van der Waals surface area (Å²) in [6.45, 7) is 1.67. The number of hydrogen-bond donors (Lipinski definition) is 0. The fourth-order valence-corrected chi connectivity index (χ4v) is 1.38. The van der Waals surface area contributed by atoms with Crippen LogP contribution in [0.1, 0.15) is 11.1 Å². The monoisotopic (exact) mass is 210 g/mol. The van der Waals surface area contributed by atoms with E-state index in [1.54, 1.807) is 13.0 Å².